The molecule has 1 aliphatic rings. The minimum Gasteiger partial charge on any atom is -0.339 e. The molecule has 27 heavy (non-hydrogen) atoms. The number of thiazole rings is 1. The molecular weight excluding hydrogens is 365 g/mol. The third-order valence-corrected chi connectivity index (χ3v) is 5.72. The Kier molecular flexibility index (Phi) is 4.85. The van der Waals surface area contributed by atoms with Crippen molar-refractivity contribution in [2.75, 3.05) is 18.4 Å². The molecule has 3 aromatic rings. The van der Waals surface area contributed by atoms with Crippen LogP contribution in [0.1, 0.15) is 23.2 Å². The summed E-state index contributed by atoms with van der Waals surface area (Å²) >= 11 is 1.46. The smallest absolute Gasteiger partial charge is 0.253 e. The normalized spacial score (nSPS) is 15.1. The number of hydrogen-bond acceptors (Lipinski definition) is 4. The van der Waals surface area contributed by atoms with Crippen molar-refractivity contribution in [1.82, 2.24) is 9.88 Å². The molecule has 2 heterocycles. The fourth-order valence-corrected chi connectivity index (χ4v) is 4.12. The van der Waals surface area contributed by atoms with E-state index in [2.05, 4.69) is 10.3 Å². The lowest BCUT2D eigenvalue weighted by atomic mass is 9.95. The van der Waals surface area contributed by atoms with E-state index in [9.17, 15) is 14.0 Å². The van der Waals surface area contributed by atoms with Gasteiger partial charge in [0.15, 0.2) is 5.13 Å². The highest BCUT2D eigenvalue weighted by atomic mass is 32.1. The maximum absolute atomic E-state index is 13.0. The van der Waals surface area contributed by atoms with Crippen LogP contribution in [0.25, 0.3) is 10.2 Å². The molecule has 0 unspecified atom stereocenters. The number of nitrogens with one attached hydrogen (secondary N) is 1. The lowest BCUT2D eigenvalue weighted by Crippen LogP contribution is -2.41. The number of para-hydroxylation sites is 1. The van der Waals surface area contributed by atoms with Crippen molar-refractivity contribution in [3.05, 3.63) is 59.9 Å². The highest BCUT2D eigenvalue weighted by Crippen LogP contribution is 2.27. The summed E-state index contributed by atoms with van der Waals surface area (Å²) in [6, 6.07) is 13.3. The average molecular weight is 383 g/mol. The highest BCUT2D eigenvalue weighted by molar-refractivity contribution is 7.22. The largest absolute Gasteiger partial charge is 0.339 e. The molecule has 1 saturated heterocycles. The number of carbonyl (C=O) groups is 2. The molecule has 5 nitrogen and oxygen atoms in total. The third-order valence-electron chi connectivity index (χ3n) is 4.77. The van der Waals surface area contributed by atoms with Gasteiger partial charge in [0.1, 0.15) is 5.82 Å². The Hall–Kier alpha value is -2.80. The standard InChI is InChI=1S/C20H18FN3O2S/c21-15-7-5-14(6-8-15)19(26)24-11-9-13(10-12-24)18(25)23-20-22-16-3-1-2-4-17(16)27-20/h1-8,13H,9-12H2,(H,22,23,25). The van der Waals surface area contributed by atoms with Crippen molar-refractivity contribution in [2.24, 2.45) is 5.92 Å². The van der Waals surface area contributed by atoms with Crippen LogP contribution in [-0.4, -0.2) is 34.8 Å². The monoisotopic (exact) mass is 383 g/mol. The molecule has 138 valence electrons. The summed E-state index contributed by atoms with van der Waals surface area (Å²) in [5.74, 6) is -0.686. The lowest BCUT2D eigenvalue weighted by Gasteiger charge is -2.31. The first-order chi connectivity index (χ1) is 13.1. The molecule has 0 radical (unpaired) electrons. The fraction of sp³-hybridized carbons (Fsp3) is 0.250. The first-order valence-corrected chi connectivity index (χ1v) is 9.63. The van der Waals surface area contributed by atoms with Crippen LogP contribution < -0.4 is 5.32 Å². The van der Waals surface area contributed by atoms with Crippen molar-refractivity contribution in [3.63, 3.8) is 0 Å². The van der Waals surface area contributed by atoms with Crippen LogP contribution >= 0.6 is 11.3 Å². The Labute approximate surface area is 159 Å². The molecule has 1 aliphatic heterocycles. The Morgan fingerprint density at radius 2 is 1.78 bits per heavy atom. The Balaban J connectivity index is 1.35. The summed E-state index contributed by atoms with van der Waals surface area (Å²) in [6.07, 6.45) is 1.20. The molecule has 1 aromatic heterocycles. The quantitative estimate of drug-likeness (QED) is 0.746. The van der Waals surface area contributed by atoms with Crippen molar-refractivity contribution in [2.45, 2.75) is 12.8 Å². The second-order valence-corrected chi connectivity index (χ2v) is 7.58. The van der Waals surface area contributed by atoms with Crippen LogP contribution in [0, 0.1) is 11.7 Å². The first-order valence-electron chi connectivity index (χ1n) is 8.81. The van der Waals surface area contributed by atoms with Crippen LogP contribution in [0.15, 0.2) is 48.5 Å². The van der Waals surface area contributed by atoms with Crippen LogP contribution in [0.2, 0.25) is 0 Å². The molecule has 1 fully saturated rings. The number of hydrogen-bond donors (Lipinski definition) is 1. The molecule has 7 heteroatoms. The zero-order valence-electron chi connectivity index (χ0n) is 14.5. The third kappa shape index (κ3) is 3.83. The minimum atomic E-state index is -0.364. The summed E-state index contributed by atoms with van der Waals surface area (Å²) in [5.41, 5.74) is 1.34. The molecule has 0 atom stereocenters. The number of nitrogens with zero attached hydrogens (tertiary/aromatic N) is 2. The van der Waals surface area contributed by atoms with Gasteiger partial charge in [-0.15, -0.1) is 0 Å². The van der Waals surface area contributed by atoms with E-state index in [4.69, 9.17) is 0 Å². The zero-order chi connectivity index (χ0) is 18.8. The molecule has 0 aliphatic carbocycles. The van der Waals surface area contributed by atoms with E-state index in [0.29, 0.717) is 36.6 Å². The van der Waals surface area contributed by atoms with Gasteiger partial charge in [0.05, 0.1) is 10.2 Å². The summed E-state index contributed by atoms with van der Waals surface area (Å²) in [5, 5.41) is 3.51. The number of likely N-dealkylation sites (tertiary alicyclic amines) is 1. The van der Waals surface area contributed by atoms with E-state index >= 15 is 0 Å². The van der Waals surface area contributed by atoms with Crippen molar-refractivity contribution in [1.29, 1.82) is 0 Å². The molecule has 0 spiro atoms. The Morgan fingerprint density at radius 1 is 1.07 bits per heavy atom. The summed E-state index contributed by atoms with van der Waals surface area (Å²) in [7, 11) is 0. The maximum atomic E-state index is 13.0. The van der Waals surface area contributed by atoms with E-state index in [1.165, 1.54) is 35.6 Å². The predicted molar refractivity (Wildman–Crippen MR) is 103 cm³/mol. The van der Waals surface area contributed by atoms with Crippen LogP contribution in [0.5, 0.6) is 0 Å². The predicted octanol–water partition coefficient (Wildman–Crippen LogP) is 3.93. The molecule has 2 aromatic carbocycles. The number of anilines is 1. The van der Waals surface area contributed by atoms with Crippen molar-refractivity contribution in [3.8, 4) is 0 Å². The molecule has 1 N–H and O–H groups in total. The number of piperidine rings is 1. The van der Waals surface area contributed by atoms with Gasteiger partial charge in [-0.2, -0.15) is 0 Å². The van der Waals surface area contributed by atoms with E-state index in [1.807, 2.05) is 24.3 Å². The van der Waals surface area contributed by atoms with Gasteiger partial charge in [-0.05, 0) is 49.2 Å². The summed E-state index contributed by atoms with van der Waals surface area (Å²) < 4.78 is 14.0. The van der Waals surface area contributed by atoms with Gasteiger partial charge >= 0.3 is 0 Å². The van der Waals surface area contributed by atoms with Gasteiger partial charge in [0.25, 0.3) is 5.91 Å². The lowest BCUT2D eigenvalue weighted by molar-refractivity contribution is -0.121. The van der Waals surface area contributed by atoms with Crippen molar-refractivity contribution >= 4 is 38.5 Å². The van der Waals surface area contributed by atoms with Gasteiger partial charge in [-0.1, -0.05) is 23.5 Å². The van der Waals surface area contributed by atoms with Crippen molar-refractivity contribution < 1.29 is 14.0 Å². The van der Waals surface area contributed by atoms with Crippen LogP contribution in [0.4, 0.5) is 9.52 Å². The average Bonchev–Trinajstić information content (AvgIpc) is 3.10. The number of aromatic nitrogens is 1. The number of halogens is 1. The van der Waals surface area contributed by atoms with E-state index in [1.54, 1.807) is 4.90 Å². The van der Waals surface area contributed by atoms with Crippen LogP contribution in [0.3, 0.4) is 0 Å². The maximum Gasteiger partial charge on any atom is 0.253 e. The van der Waals surface area contributed by atoms with E-state index < -0.39 is 0 Å². The minimum absolute atomic E-state index is 0.0528. The molecule has 2 amide bonds. The van der Waals surface area contributed by atoms with Crippen LogP contribution in [-0.2, 0) is 4.79 Å². The van der Waals surface area contributed by atoms with Gasteiger partial charge < -0.3 is 10.2 Å². The fourth-order valence-electron chi connectivity index (χ4n) is 3.25. The molecule has 0 saturated carbocycles. The molecule has 4 rings (SSSR count). The first kappa shape index (κ1) is 17.6. The Morgan fingerprint density at radius 3 is 2.48 bits per heavy atom. The zero-order valence-corrected chi connectivity index (χ0v) is 15.3. The topological polar surface area (TPSA) is 62.3 Å². The molecule has 0 bridgehead atoms. The SMILES string of the molecule is O=C(Nc1nc2ccccc2s1)C1CCN(C(=O)c2ccc(F)cc2)CC1. The number of fused-ring (bicyclic) bond motifs is 1. The number of carbonyl (C=O) groups excluding carboxylic acids is 2. The second-order valence-electron chi connectivity index (χ2n) is 6.55. The number of rotatable bonds is 3. The molecular formula is C20H18FN3O2S. The number of benzene rings is 2. The van der Waals surface area contributed by atoms with E-state index in [-0.39, 0.29) is 23.5 Å². The van der Waals surface area contributed by atoms with Gasteiger partial charge in [-0.3, -0.25) is 9.59 Å². The van der Waals surface area contributed by atoms with Gasteiger partial charge in [0, 0.05) is 24.6 Å². The summed E-state index contributed by atoms with van der Waals surface area (Å²) in [4.78, 5) is 31.2. The van der Waals surface area contributed by atoms with Gasteiger partial charge in [0.2, 0.25) is 5.91 Å². The van der Waals surface area contributed by atoms with E-state index in [0.717, 1.165) is 10.2 Å². The number of amides is 2. The van der Waals surface area contributed by atoms with Gasteiger partial charge in [-0.25, -0.2) is 9.37 Å². The Bertz CT molecular complexity index is 945. The second kappa shape index (κ2) is 7.44. The highest BCUT2D eigenvalue weighted by Gasteiger charge is 2.28. The summed E-state index contributed by atoms with van der Waals surface area (Å²) in [6.45, 7) is 1.02.